The van der Waals surface area contributed by atoms with Crippen molar-refractivity contribution in [1.82, 2.24) is 10.7 Å². The molecule has 0 spiro atoms. The molecule has 40 heavy (non-hydrogen) atoms. The molecule has 212 valence electrons. The monoisotopic (exact) mass is 649 g/mol. The van der Waals surface area contributed by atoms with Gasteiger partial charge in [-0.05, 0) is 82.9 Å². The molecule has 0 fully saturated rings. The highest BCUT2D eigenvalue weighted by molar-refractivity contribution is 9.10. The van der Waals surface area contributed by atoms with Gasteiger partial charge in [0.2, 0.25) is 0 Å². The van der Waals surface area contributed by atoms with Crippen LogP contribution in [0.25, 0.3) is 0 Å². The van der Waals surface area contributed by atoms with Crippen LogP contribution in [0.4, 0.5) is 0 Å². The van der Waals surface area contributed by atoms with Crippen molar-refractivity contribution in [3.63, 3.8) is 0 Å². The van der Waals surface area contributed by atoms with Crippen molar-refractivity contribution in [3.8, 4) is 17.2 Å². The molecule has 0 aliphatic rings. The molecule has 2 amide bonds. The fourth-order valence-corrected chi connectivity index (χ4v) is 4.63. The Morgan fingerprint density at radius 2 is 1.77 bits per heavy atom. The second-order valence-corrected chi connectivity index (χ2v) is 10.6. The van der Waals surface area contributed by atoms with Crippen LogP contribution < -0.4 is 25.0 Å². The lowest BCUT2D eigenvalue weighted by atomic mass is 10.0. The van der Waals surface area contributed by atoms with E-state index >= 15 is 0 Å². The molecule has 0 heterocycles. The summed E-state index contributed by atoms with van der Waals surface area (Å²) in [7, 11) is 1.55. The lowest BCUT2D eigenvalue weighted by Crippen LogP contribution is -2.48. The van der Waals surface area contributed by atoms with E-state index in [1.807, 2.05) is 20.8 Å². The van der Waals surface area contributed by atoms with Gasteiger partial charge in [-0.15, -0.1) is 0 Å². The SMILES string of the molecule is CCOc1cc(/C=N/NC(=O)C(NC(=O)c2ccc(OC)cc2)C(C)C)cc(Br)c1OCc1ccc(Cl)cc1Cl. The Labute approximate surface area is 252 Å². The van der Waals surface area contributed by atoms with Crippen LogP contribution in [-0.4, -0.2) is 37.8 Å². The second-order valence-electron chi connectivity index (χ2n) is 8.95. The Hall–Kier alpha value is -3.27. The Balaban J connectivity index is 1.68. The number of hydrogen-bond acceptors (Lipinski definition) is 6. The zero-order valence-corrected chi connectivity index (χ0v) is 25.6. The van der Waals surface area contributed by atoms with Crippen LogP contribution in [-0.2, 0) is 11.4 Å². The van der Waals surface area contributed by atoms with Crippen molar-refractivity contribution >= 4 is 57.2 Å². The zero-order valence-electron chi connectivity index (χ0n) is 22.5. The van der Waals surface area contributed by atoms with Gasteiger partial charge in [0.1, 0.15) is 18.4 Å². The molecule has 0 aromatic heterocycles. The summed E-state index contributed by atoms with van der Waals surface area (Å²) in [6, 6.07) is 14.5. The van der Waals surface area contributed by atoms with E-state index in [1.165, 1.54) is 6.21 Å². The van der Waals surface area contributed by atoms with Gasteiger partial charge in [0, 0.05) is 21.2 Å². The third-order valence-corrected chi connectivity index (χ3v) is 6.87. The maximum Gasteiger partial charge on any atom is 0.262 e. The standard InChI is InChI=1S/C29H30BrCl2N3O5/c1-5-39-25-13-18(12-23(30)27(25)40-16-20-6-9-21(31)14-24(20)32)15-33-35-29(37)26(17(2)3)34-28(36)19-7-10-22(38-4)11-8-19/h6-15,17,26H,5,16H2,1-4H3,(H,34,36)(H,35,37)/b33-15+. The normalized spacial score (nSPS) is 11.8. The topological polar surface area (TPSA) is 98.2 Å². The molecule has 1 unspecified atom stereocenters. The first-order chi connectivity index (χ1) is 19.1. The van der Waals surface area contributed by atoms with Crippen LogP contribution >= 0.6 is 39.1 Å². The molecule has 2 N–H and O–H groups in total. The average molecular weight is 651 g/mol. The van der Waals surface area contributed by atoms with E-state index in [1.54, 1.807) is 61.7 Å². The van der Waals surface area contributed by atoms with E-state index in [2.05, 4.69) is 31.8 Å². The summed E-state index contributed by atoms with van der Waals surface area (Å²) in [6.07, 6.45) is 1.48. The minimum Gasteiger partial charge on any atom is -0.497 e. The number of hydrogen-bond donors (Lipinski definition) is 2. The highest BCUT2D eigenvalue weighted by Crippen LogP contribution is 2.37. The Kier molecular flexibility index (Phi) is 11.7. The Morgan fingerprint density at radius 1 is 1.05 bits per heavy atom. The minimum absolute atomic E-state index is 0.179. The Morgan fingerprint density at radius 3 is 2.40 bits per heavy atom. The predicted octanol–water partition coefficient (Wildman–Crippen LogP) is 6.65. The van der Waals surface area contributed by atoms with Crippen LogP contribution in [0.2, 0.25) is 10.0 Å². The number of ether oxygens (including phenoxy) is 3. The Bertz CT molecular complexity index is 1370. The summed E-state index contributed by atoms with van der Waals surface area (Å²) in [4.78, 5) is 25.6. The van der Waals surface area contributed by atoms with E-state index in [-0.39, 0.29) is 18.4 Å². The first kappa shape index (κ1) is 31.3. The number of halogens is 3. The molecule has 0 aliphatic carbocycles. The second kappa shape index (κ2) is 14.9. The number of nitrogens with zero attached hydrogens (tertiary/aromatic N) is 1. The largest absolute Gasteiger partial charge is 0.497 e. The molecule has 3 aromatic carbocycles. The molecular formula is C29H30BrCl2N3O5. The van der Waals surface area contributed by atoms with Crippen molar-refractivity contribution in [2.45, 2.75) is 33.4 Å². The molecule has 0 saturated heterocycles. The van der Waals surface area contributed by atoms with Crippen LogP contribution in [0, 0.1) is 5.92 Å². The number of methoxy groups -OCH3 is 1. The van der Waals surface area contributed by atoms with Gasteiger partial charge in [-0.25, -0.2) is 5.43 Å². The van der Waals surface area contributed by atoms with E-state index < -0.39 is 11.9 Å². The van der Waals surface area contributed by atoms with Crippen LogP contribution in [0.1, 0.15) is 42.3 Å². The van der Waals surface area contributed by atoms with Crippen molar-refractivity contribution in [2.24, 2.45) is 11.0 Å². The number of amides is 2. The first-order valence-electron chi connectivity index (χ1n) is 12.4. The molecule has 1 atom stereocenters. The summed E-state index contributed by atoms with van der Waals surface area (Å²) < 4.78 is 17.5. The van der Waals surface area contributed by atoms with Gasteiger partial charge >= 0.3 is 0 Å². The van der Waals surface area contributed by atoms with Crippen LogP contribution in [0.3, 0.4) is 0 Å². The lowest BCUT2D eigenvalue weighted by Gasteiger charge is -2.20. The number of carbonyl (C=O) groups is 2. The van der Waals surface area contributed by atoms with Gasteiger partial charge in [-0.3, -0.25) is 9.59 Å². The summed E-state index contributed by atoms with van der Waals surface area (Å²) in [5.74, 6) is 0.616. The average Bonchev–Trinajstić information content (AvgIpc) is 2.92. The van der Waals surface area contributed by atoms with Crippen LogP contribution in [0.5, 0.6) is 17.2 Å². The first-order valence-corrected chi connectivity index (χ1v) is 14.0. The number of benzene rings is 3. The molecule has 0 aliphatic heterocycles. The predicted molar refractivity (Wildman–Crippen MR) is 161 cm³/mol. The summed E-state index contributed by atoms with van der Waals surface area (Å²) in [6.45, 7) is 6.15. The van der Waals surface area contributed by atoms with Crippen molar-refractivity contribution < 1.29 is 23.8 Å². The molecule has 11 heteroatoms. The van der Waals surface area contributed by atoms with Gasteiger partial charge in [-0.2, -0.15) is 5.10 Å². The van der Waals surface area contributed by atoms with Gasteiger partial charge in [0.15, 0.2) is 11.5 Å². The maximum absolute atomic E-state index is 12.9. The van der Waals surface area contributed by atoms with Gasteiger partial charge in [-0.1, -0.05) is 43.1 Å². The maximum atomic E-state index is 12.9. The molecule has 0 radical (unpaired) electrons. The fraction of sp³-hybridized carbons (Fsp3) is 0.276. The molecular weight excluding hydrogens is 621 g/mol. The summed E-state index contributed by atoms with van der Waals surface area (Å²) >= 11 is 15.8. The summed E-state index contributed by atoms with van der Waals surface area (Å²) in [5, 5.41) is 7.91. The van der Waals surface area contributed by atoms with Gasteiger partial charge < -0.3 is 19.5 Å². The van der Waals surface area contributed by atoms with Crippen molar-refractivity contribution in [3.05, 3.63) is 85.8 Å². The molecule has 0 saturated carbocycles. The van der Waals surface area contributed by atoms with E-state index in [4.69, 9.17) is 37.4 Å². The quantitative estimate of drug-likeness (QED) is 0.169. The minimum atomic E-state index is -0.798. The van der Waals surface area contributed by atoms with Crippen molar-refractivity contribution in [1.29, 1.82) is 0 Å². The third kappa shape index (κ3) is 8.61. The zero-order chi connectivity index (χ0) is 29.2. The van der Waals surface area contributed by atoms with Gasteiger partial charge in [0.25, 0.3) is 11.8 Å². The smallest absolute Gasteiger partial charge is 0.262 e. The molecule has 3 rings (SSSR count). The fourth-order valence-electron chi connectivity index (χ4n) is 3.60. The molecule has 3 aromatic rings. The lowest BCUT2D eigenvalue weighted by molar-refractivity contribution is -0.123. The number of nitrogens with one attached hydrogen (secondary N) is 2. The molecule has 0 bridgehead atoms. The van der Waals surface area contributed by atoms with E-state index in [9.17, 15) is 9.59 Å². The van der Waals surface area contributed by atoms with E-state index in [0.29, 0.717) is 49.5 Å². The highest BCUT2D eigenvalue weighted by Gasteiger charge is 2.24. The van der Waals surface area contributed by atoms with Crippen LogP contribution in [0.15, 0.2) is 64.2 Å². The van der Waals surface area contributed by atoms with Crippen molar-refractivity contribution in [2.75, 3.05) is 13.7 Å². The number of carbonyl (C=O) groups excluding carboxylic acids is 2. The van der Waals surface area contributed by atoms with Gasteiger partial charge in [0.05, 0.1) is 24.4 Å². The van der Waals surface area contributed by atoms with E-state index in [0.717, 1.165) is 5.56 Å². The molecule has 8 nitrogen and oxygen atoms in total. The third-order valence-electron chi connectivity index (χ3n) is 5.70. The number of hydrazone groups is 1. The number of rotatable bonds is 12. The summed E-state index contributed by atoms with van der Waals surface area (Å²) in [5.41, 5.74) is 4.35. The highest BCUT2D eigenvalue weighted by atomic mass is 79.9.